The first kappa shape index (κ1) is 8.31. The highest BCUT2D eigenvalue weighted by Crippen LogP contribution is 2.13. The van der Waals surface area contributed by atoms with Crippen molar-refractivity contribution >= 4 is 5.84 Å². The first-order valence-corrected chi connectivity index (χ1v) is 4.18. The maximum atomic E-state index is 4.41. The molecule has 1 rings (SSSR count). The van der Waals surface area contributed by atoms with Crippen molar-refractivity contribution in [2.24, 2.45) is 10.9 Å². The van der Waals surface area contributed by atoms with Crippen LogP contribution in [0.1, 0.15) is 20.3 Å². The van der Waals surface area contributed by atoms with Gasteiger partial charge < -0.3 is 4.90 Å². The minimum absolute atomic E-state index is 0.650. The predicted octanol–water partition coefficient (Wildman–Crippen LogP) is 1.89. The molecule has 1 aliphatic heterocycles. The fraction of sp³-hybridized carbons (Fsp3) is 0.667. The largest absolute Gasteiger partial charge is 0.340 e. The minimum atomic E-state index is 0.650. The SMILES string of the molecule is CCN=C1CC(C)C=CN1C. The number of hydrogen-bond acceptors (Lipinski definition) is 1. The van der Waals surface area contributed by atoms with Gasteiger partial charge in [0, 0.05) is 26.2 Å². The van der Waals surface area contributed by atoms with Gasteiger partial charge >= 0.3 is 0 Å². The first-order valence-electron chi connectivity index (χ1n) is 4.18. The van der Waals surface area contributed by atoms with E-state index in [0.29, 0.717) is 5.92 Å². The Bertz CT molecular complexity index is 182. The van der Waals surface area contributed by atoms with E-state index in [1.807, 2.05) is 0 Å². The van der Waals surface area contributed by atoms with Gasteiger partial charge in [0.2, 0.25) is 0 Å². The number of allylic oxidation sites excluding steroid dienone is 1. The number of amidine groups is 1. The molecule has 0 saturated carbocycles. The van der Waals surface area contributed by atoms with Gasteiger partial charge in [-0.2, -0.15) is 0 Å². The molecule has 2 nitrogen and oxygen atoms in total. The van der Waals surface area contributed by atoms with Crippen LogP contribution in [0.3, 0.4) is 0 Å². The molecule has 0 amide bonds. The lowest BCUT2D eigenvalue weighted by atomic mass is 10.0. The molecule has 0 aromatic rings. The second-order valence-corrected chi connectivity index (χ2v) is 3.02. The topological polar surface area (TPSA) is 15.6 Å². The van der Waals surface area contributed by atoms with Gasteiger partial charge in [0.15, 0.2) is 0 Å². The van der Waals surface area contributed by atoms with Crippen LogP contribution >= 0.6 is 0 Å². The smallest absolute Gasteiger partial charge is 0.103 e. The van der Waals surface area contributed by atoms with E-state index in [1.165, 1.54) is 5.84 Å². The molecule has 1 atom stereocenters. The summed E-state index contributed by atoms with van der Waals surface area (Å²) in [5.74, 6) is 1.86. The summed E-state index contributed by atoms with van der Waals surface area (Å²) < 4.78 is 0. The average Bonchev–Trinajstić information content (AvgIpc) is 1.98. The summed E-state index contributed by atoms with van der Waals surface area (Å²) in [6.07, 6.45) is 5.40. The Morgan fingerprint density at radius 1 is 1.73 bits per heavy atom. The molecule has 1 aliphatic rings. The second kappa shape index (κ2) is 3.56. The van der Waals surface area contributed by atoms with Crippen molar-refractivity contribution in [2.75, 3.05) is 13.6 Å². The fourth-order valence-corrected chi connectivity index (χ4v) is 1.22. The zero-order valence-electron chi connectivity index (χ0n) is 7.54. The number of hydrogen-bond donors (Lipinski definition) is 0. The molecule has 1 unspecified atom stereocenters. The van der Waals surface area contributed by atoms with E-state index in [9.17, 15) is 0 Å². The average molecular weight is 152 g/mol. The Kier molecular flexibility index (Phi) is 2.69. The molecule has 0 saturated heterocycles. The summed E-state index contributed by atoms with van der Waals surface area (Å²) >= 11 is 0. The minimum Gasteiger partial charge on any atom is -0.340 e. The van der Waals surface area contributed by atoms with E-state index in [0.717, 1.165) is 13.0 Å². The normalized spacial score (nSPS) is 28.1. The molecular formula is C9H16N2. The quantitative estimate of drug-likeness (QED) is 0.560. The van der Waals surface area contributed by atoms with Crippen LogP contribution in [-0.4, -0.2) is 24.3 Å². The Hall–Kier alpha value is -0.790. The summed E-state index contributed by atoms with van der Waals surface area (Å²) in [4.78, 5) is 6.51. The maximum Gasteiger partial charge on any atom is 0.103 e. The molecule has 0 radical (unpaired) electrons. The van der Waals surface area contributed by atoms with Crippen LogP contribution in [0.4, 0.5) is 0 Å². The van der Waals surface area contributed by atoms with Crippen molar-refractivity contribution in [1.29, 1.82) is 0 Å². The third kappa shape index (κ3) is 2.07. The van der Waals surface area contributed by atoms with Crippen LogP contribution < -0.4 is 0 Å². The molecule has 1 heterocycles. The molecule has 0 spiro atoms. The lowest BCUT2D eigenvalue weighted by molar-refractivity contribution is 0.582. The predicted molar refractivity (Wildman–Crippen MR) is 48.7 cm³/mol. The van der Waals surface area contributed by atoms with Crippen LogP contribution in [0.15, 0.2) is 17.3 Å². The van der Waals surface area contributed by atoms with Gasteiger partial charge in [-0.15, -0.1) is 0 Å². The summed E-state index contributed by atoms with van der Waals surface area (Å²) in [6.45, 7) is 5.18. The van der Waals surface area contributed by atoms with Crippen molar-refractivity contribution in [3.8, 4) is 0 Å². The third-order valence-electron chi connectivity index (χ3n) is 1.89. The lowest BCUT2D eigenvalue weighted by Gasteiger charge is -2.23. The number of aliphatic imine (C=N–C) groups is 1. The Morgan fingerprint density at radius 2 is 2.45 bits per heavy atom. The van der Waals surface area contributed by atoms with Gasteiger partial charge in [-0.05, 0) is 12.8 Å². The Balaban J connectivity index is 2.68. The highest BCUT2D eigenvalue weighted by atomic mass is 15.1. The Morgan fingerprint density at radius 3 is 3.09 bits per heavy atom. The molecule has 2 heteroatoms. The van der Waals surface area contributed by atoms with Crippen LogP contribution in [-0.2, 0) is 0 Å². The van der Waals surface area contributed by atoms with E-state index < -0.39 is 0 Å². The van der Waals surface area contributed by atoms with Gasteiger partial charge in [-0.1, -0.05) is 13.0 Å². The van der Waals surface area contributed by atoms with E-state index in [2.05, 4.69) is 43.1 Å². The van der Waals surface area contributed by atoms with E-state index >= 15 is 0 Å². The van der Waals surface area contributed by atoms with Gasteiger partial charge in [0.25, 0.3) is 0 Å². The molecule has 11 heavy (non-hydrogen) atoms. The number of nitrogens with zero attached hydrogens (tertiary/aromatic N) is 2. The molecule has 0 N–H and O–H groups in total. The molecule has 0 fully saturated rings. The molecule has 0 aromatic carbocycles. The van der Waals surface area contributed by atoms with Crippen LogP contribution in [0.5, 0.6) is 0 Å². The van der Waals surface area contributed by atoms with Crippen LogP contribution in [0.25, 0.3) is 0 Å². The highest BCUT2D eigenvalue weighted by molar-refractivity contribution is 5.84. The highest BCUT2D eigenvalue weighted by Gasteiger charge is 2.11. The van der Waals surface area contributed by atoms with Crippen LogP contribution in [0.2, 0.25) is 0 Å². The standard InChI is InChI=1S/C9H16N2/c1-4-10-9-7-8(2)5-6-11(9)3/h5-6,8H,4,7H2,1-3H3. The van der Waals surface area contributed by atoms with Gasteiger partial charge in [-0.3, -0.25) is 4.99 Å². The van der Waals surface area contributed by atoms with E-state index in [1.54, 1.807) is 0 Å². The monoisotopic (exact) mass is 152 g/mol. The molecular weight excluding hydrogens is 136 g/mol. The molecule has 0 aromatic heterocycles. The summed E-state index contributed by atoms with van der Waals surface area (Å²) in [5, 5.41) is 0. The number of rotatable bonds is 1. The summed E-state index contributed by atoms with van der Waals surface area (Å²) in [5.41, 5.74) is 0. The molecule has 0 bridgehead atoms. The zero-order chi connectivity index (χ0) is 8.27. The second-order valence-electron chi connectivity index (χ2n) is 3.02. The van der Waals surface area contributed by atoms with Crippen molar-refractivity contribution in [3.05, 3.63) is 12.3 Å². The zero-order valence-corrected chi connectivity index (χ0v) is 7.54. The first-order chi connectivity index (χ1) is 5.24. The van der Waals surface area contributed by atoms with Crippen molar-refractivity contribution in [2.45, 2.75) is 20.3 Å². The van der Waals surface area contributed by atoms with E-state index in [4.69, 9.17) is 0 Å². The maximum absolute atomic E-state index is 4.41. The fourth-order valence-electron chi connectivity index (χ4n) is 1.22. The lowest BCUT2D eigenvalue weighted by Crippen LogP contribution is -2.26. The molecule has 62 valence electrons. The Labute approximate surface area is 68.6 Å². The molecule has 0 aliphatic carbocycles. The van der Waals surface area contributed by atoms with Crippen molar-refractivity contribution < 1.29 is 0 Å². The van der Waals surface area contributed by atoms with Gasteiger partial charge in [0.1, 0.15) is 5.84 Å². The van der Waals surface area contributed by atoms with Crippen LogP contribution in [0, 0.1) is 5.92 Å². The summed E-state index contributed by atoms with van der Waals surface area (Å²) in [6, 6.07) is 0. The summed E-state index contributed by atoms with van der Waals surface area (Å²) in [7, 11) is 2.05. The van der Waals surface area contributed by atoms with E-state index in [-0.39, 0.29) is 0 Å². The third-order valence-corrected chi connectivity index (χ3v) is 1.89. The van der Waals surface area contributed by atoms with Gasteiger partial charge in [0.05, 0.1) is 0 Å². The van der Waals surface area contributed by atoms with Crippen molar-refractivity contribution in [1.82, 2.24) is 4.90 Å². The van der Waals surface area contributed by atoms with Gasteiger partial charge in [-0.25, -0.2) is 0 Å². The van der Waals surface area contributed by atoms with Crippen molar-refractivity contribution in [3.63, 3.8) is 0 Å².